The predicted octanol–water partition coefficient (Wildman–Crippen LogP) is 6.69. The fraction of sp³-hybridized carbons (Fsp3) is 0.652. The minimum atomic E-state index is 0. The van der Waals surface area contributed by atoms with Gasteiger partial charge in [-0.2, -0.15) is 0 Å². The number of unbranched alkanes of at least 4 members (excludes halogenated alkanes) is 9. The molecule has 1 atom stereocenters. The highest BCUT2D eigenvalue weighted by molar-refractivity contribution is 5.15. The van der Waals surface area contributed by atoms with Crippen LogP contribution >= 0.6 is 0 Å². The highest BCUT2D eigenvalue weighted by Crippen LogP contribution is 2.19. The lowest BCUT2D eigenvalue weighted by atomic mass is 10.1. The predicted molar refractivity (Wildman–Crippen MR) is 112 cm³/mol. The number of benzene rings is 1. The zero-order chi connectivity index (χ0) is 17.7. The molecule has 1 heterocycles. The summed E-state index contributed by atoms with van der Waals surface area (Å²) in [7, 11) is 0. The van der Waals surface area contributed by atoms with Crippen LogP contribution in [0.25, 0.3) is 0 Å². The van der Waals surface area contributed by atoms with Crippen LogP contribution < -0.4 is 0 Å². The first kappa shape index (κ1) is 22.5. The van der Waals surface area contributed by atoms with E-state index in [4.69, 9.17) is 0 Å². The summed E-state index contributed by atoms with van der Waals surface area (Å²) in [4.78, 5) is 4.93. The van der Waals surface area contributed by atoms with Crippen LogP contribution in [0.1, 0.15) is 83.6 Å². The van der Waals surface area contributed by atoms with E-state index < -0.39 is 0 Å². The van der Waals surface area contributed by atoms with Crippen molar-refractivity contribution < 1.29 is 4.70 Å². The molecule has 0 radical (unpaired) electrons. The summed E-state index contributed by atoms with van der Waals surface area (Å²) in [5, 5.41) is 0. The molecule has 1 unspecified atom stereocenters. The molecule has 0 aromatic heterocycles. The molecular formula is C23H39FN2. The summed E-state index contributed by atoms with van der Waals surface area (Å²) in [6.07, 6.45) is 19.1. The molecule has 2 nitrogen and oxygen atoms in total. The van der Waals surface area contributed by atoms with Gasteiger partial charge < -0.3 is 9.80 Å². The fourth-order valence-electron chi connectivity index (χ4n) is 3.63. The summed E-state index contributed by atoms with van der Waals surface area (Å²) in [5.74, 6) is 0. The van der Waals surface area contributed by atoms with E-state index in [0.29, 0.717) is 6.17 Å². The molecule has 1 aliphatic rings. The van der Waals surface area contributed by atoms with Crippen LogP contribution in [-0.2, 0) is 6.54 Å². The lowest BCUT2D eigenvalue weighted by molar-refractivity contribution is 0.162. The second-order valence-corrected chi connectivity index (χ2v) is 7.51. The van der Waals surface area contributed by atoms with E-state index >= 15 is 0 Å². The number of rotatable bonds is 13. The standard InChI is InChI=1S/C23H38N2.FH/c1-3-4-5-6-7-8-9-10-11-15-18-24-19-20-25(22(24)2)21-23-16-13-12-14-17-23;/h12-14,16-17,19-20,22H,3-11,15,18,21H2,1-2H3;1H. The molecule has 0 amide bonds. The van der Waals surface area contributed by atoms with E-state index in [1.807, 2.05) is 0 Å². The maximum Gasteiger partial charge on any atom is 0.0981 e. The van der Waals surface area contributed by atoms with Gasteiger partial charge in [-0.15, -0.1) is 0 Å². The normalized spacial score (nSPS) is 16.2. The minimum Gasteiger partial charge on any atom is -0.356 e. The van der Waals surface area contributed by atoms with Gasteiger partial charge in [-0.25, -0.2) is 0 Å². The Hall–Kier alpha value is -1.51. The van der Waals surface area contributed by atoms with Crippen molar-refractivity contribution in [2.45, 2.75) is 90.8 Å². The SMILES string of the molecule is CCCCCCCCCCCCN1C=CN(Cc2ccccc2)C1C.F. The van der Waals surface area contributed by atoms with Crippen LogP contribution in [-0.4, -0.2) is 22.5 Å². The van der Waals surface area contributed by atoms with Gasteiger partial charge in [0.05, 0.1) is 6.17 Å². The van der Waals surface area contributed by atoms with Gasteiger partial charge in [-0.1, -0.05) is 95.0 Å². The van der Waals surface area contributed by atoms with Crippen molar-refractivity contribution in [3.8, 4) is 0 Å². The second-order valence-electron chi connectivity index (χ2n) is 7.51. The van der Waals surface area contributed by atoms with Gasteiger partial charge in [0.2, 0.25) is 0 Å². The molecule has 0 saturated carbocycles. The van der Waals surface area contributed by atoms with E-state index in [0.717, 1.165) is 6.54 Å². The van der Waals surface area contributed by atoms with E-state index in [2.05, 4.69) is 66.4 Å². The van der Waals surface area contributed by atoms with Crippen LogP contribution in [0.2, 0.25) is 0 Å². The van der Waals surface area contributed by atoms with E-state index in [1.54, 1.807) is 0 Å². The molecule has 1 aliphatic heterocycles. The topological polar surface area (TPSA) is 6.48 Å². The zero-order valence-corrected chi connectivity index (χ0v) is 16.9. The van der Waals surface area contributed by atoms with Crippen LogP contribution in [0.4, 0.5) is 4.70 Å². The summed E-state index contributed by atoms with van der Waals surface area (Å²) >= 11 is 0. The molecule has 0 fully saturated rings. The molecule has 1 aromatic rings. The molecular weight excluding hydrogens is 323 g/mol. The number of halogens is 1. The molecule has 0 bridgehead atoms. The average Bonchev–Trinajstić information content (AvgIpc) is 2.97. The van der Waals surface area contributed by atoms with Gasteiger partial charge in [0.25, 0.3) is 0 Å². The maximum absolute atomic E-state index is 2.49. The van der Waals surface area contributed by atoms with Crippen LogP contribution in [0.5, 0.6) is 0 Å². The number of nitrogens with zero attached hydrogens (tertiary/aromatic N) is 2. The number of hydrogen-bond acceptors (Lipinski definition) is 2. The van der Waals surface area contributed by atoms with Gasteiger partial charge in [0.15, 0.2) is 0 Å². The maximum atomic E-state index is 2.49. The largest absolute Gasteiger partial charge is 0.356 e. The molecule has 1 aromatic carbocycles. The monoisotopic (exact) mass is 362 g/mol. The van der Waals surface area contributed by atoms with Crippen LogP contribution in [0, 0.1) is 0 Å². The quantitative estimate of drug-likeness (QED) is 0.360. The van der Waals surface area contributed by atoms with Crippen molar-refractivity contribution in [2.75, 3.05) is 6.54 Å². The van der Waals surface area contributed by atoms with E-state index in [9.17, 15) is 0 Å². The molecule has 0 N–H and O–H groups in total. The van der Waals surface area contributed by atoms with E-state index in [1.165, 1.54) is 76.3 Å². The summed E-state index contributed by atoms with van der Waals surface area (Å²) in [5.41, 5.74) is 1.39. The van der Waals surface area contributed by atoms with Crippen LogP contribution in [0.15, 0.2) is 42.7 Å². The Labute approximate surface area is 160 Å². The Bertz CT molecular complexity index is 474. The van der Waals surface area contributed by atoms with Crippen molar-refractivity contribution in [2.24, 2.45) is 0 Å². The third-order valence-electron chi connectivity index (χ3n) is 5.39. The Balaban J connectivity index is 0.00000338. The third-order valence-corrected chi connectivity index (χ3v) is 5.39. The fourth-order valence-corrected chi connectivity index (χ4v) is 3.63. The van der Waals surface area contributed by atoms with Gasteiger partial charge in [0, 0.05) is 25.5 Å². The third kappa shape index (κ3) is 8.25. The molecule has 0 saturated heterocycles. The summed E-state index contributed by atoms with van der Waals surface area (Å²) in [6, 6.07) is 10.8. The number of hydrogen-bond donors (Lipinski definition) is 0. The minimum absolute atomic E-state index is 0. The highest BCUT2D eigenvalue weighted by atomic mass is 19.0. The van der Waals surface area contributed by atoms with Crippen molar-refractivity contribution in [3.63, 3.8) is 0 Å². The Morgan fingerprint density at radius 3 is 1.88 bits per heavy atom. The van der Waals surface area contributed by atoms with Gasteiger partial charge in [-0.3, -0.25) is 4.70 Å². The smallest absolute Gasteiger partial charge is 0.0981 e. The molecule has 2 rings (SSSR count). The molecule has 3 heteroatoms. The Morgan fingerprint density at radius 2 is 1.27 bits per heavy atom. The first-order chi connectivity index (χ1) is 12.3. The first-order valence-corrected chi connectivity index (χ1v) is 10.5. The zero-order valence-electron chi connectivity index (χ0n) is 16.9. The van der Waals surface area contributed by atoms with Gasteiger partial charge >= 0.3 is 0 Å². The molecule has 148 valence electrons. The second kappa shape index (κ2) is 13.7. The van der Waals surface area contributed by atoms with Crippen LogP contribution in [0.3, 0.4) is 0 Å². The lowest BCUT2D eigenvalue weighted by Crippen LogP contribution is -2.36. The summed E-state index contributed by atoms with van der Waals surface area (Å²) < 4.78 is 0. The summed E-state index contributed by atoms with van der Waals surface area (Å²) in [6.45, 7) is 6.81. The van der Waals surface area contributed by atoms with Crippen molar-refractivity contribution in [1.82, 2.24) is 9.80 Å². The Kier molecular flexibility index (Phi) is 11.8. The van der Waals surface area contributed by atoms with Gasteiger partial charge in [0.1, 0.15) is 0 Å². The lowest BCUT2D eigenvalue weighted by Gasteiger charge is -2.30. The van der Waals surface area contributed by atoms with E-state index in [-0.39, 0.29) is 4.70 Å². The van der Waals surface area contributed by atoms with Crippen molar-refractivity contribution in [1.29, 1.82) is 0 Å². The Morgan fingerprint density at radius 1 is 0.731 bits per heavy atom. The molecule has 0 aliphatic carbocycles. The molecule has 26 heavy (non-hydrogen) atoms. The highest BCUT2D eigenvalue weighted by Gasteiger charge is 2.21. The molecule has 0 spiro atoms. The van der Waals surface area contributed by atoms with Crippen molar-refractivity contribution >= 4 is 0 Å². The average molecular weight is 363 g/mol. The van der Waals surface area contributed by atoms with Crippen molar-refractivity contribution in [3.05, 3.63) is 48.3 Å². The first-order valence-electron chi connectivity index (χ1n) is 10.5. The van der Waals surface area contributed by atoms with Gasteiger partial charge in [-0.05, 0) is 18.9 Å².